The Balaban J connectivity index is 1.84. The number of para-hydroxylation sites is 1. The van der Waals surface area contributed by atoms with Crippen molar-refractivity contribution in [2.24, 2.45) is 18.6 Å². The van der Waals surface area contributed by atoms with Crippen LogP contribution in [0.4, 0.5) is 5.69 Å². The zero-order valence-electron chi connectivity index (χ0n) is 17.2. The summed E-state index contributed by atoms with van der Waals surface area (Å²) < 4.78 is 1.82. The van der Waals surface area contributed by atoms with E-state index in [0.29, 0.717) is 6.54 Å². The summed E-state index contributed by atoms with van der Waals surface area (Å²) in [4.78, 5) is 0. The lowest BCUT2D eigenvalue weighted by Crippen LogP contribution is -2.31. The molecule has 6 nitrogen and oxygen atoms in total. The number of benzene rings is 2. The fraction of sp³-hybridized carbons (Fsp3) is 0.261. The van der Waals surface area contributed by atoms with Gasteiger partial charge in [-0.05, 0) is 49.1 Å². The van der Waals surface area contributed by atoms with Crippen LogP contribution in [0.5, 0.6) is 0 Å². The normalized spacial score (nSPS) is 18.2. The van der Waals surface area contributed by atoms with Crippen LogP contribution in [-0.2, 0) is 7.05 Å². The third-order valence-corrected chi connectivity index (χ3v) is 5.51. The van der Waals surface area contributed by atoms with Gasteiger partial charge in [-0.2, -0.15) is 5.10 Å². The van der Waals surface area contributed by atoms with Gasteiger partial charge in [0.15, 0.2) is 0 Å². The van der Waals surface area contributed by atoms with Gasteiger partial charge in [-0.1, -0.05) is 30.3 Å². The first kappa shape index (κ1) is 19.1. The van der Waals surface area contributed by atoms with Crippen molar-refractivity contribution in [3.05, 3.63) is 77.2 Å². The summed E-state index contributed by atoms with van der Waals surface area (Å²) in [6.45, 7) is 4.74. The van der Waals surface area contributed by atoms with Crippen LogP contribution in [0, 0.1) is 6.92 Å². The molecule has 6 heteroatoms. The lowest BCUT2D eigenvalue weighted by Gasteiger charge is -2.22. The molecular weight excluding hydrogens is 360 g/mol. The Hall–Kier alpha value is -3.25. The second-order valence-electron chi connectivity index (χ2n) is 7.73. The quantitative estimate of drug-likeness (QED) is 0.595. The van der Waals surface area contributed by atoms with Crippen molar-refractivity contribution >= 4 is 11.4 Å². The van der Waals surface area contributed by atoms with Crippen LogP contribution < -0.4 is 16.9 Å². The number of nitrogens with two attached hydrogens (primary N) is 2. The second kappa shape index (κ2) is 7.64. The largest absolute Gasteiger partial charge is 0.401 e. The number of aromatic nitrogens is 2. The van der Waals surface area contributed by atoms with Crippen molar-refractivity contribution in [3.8, 4) is 11.1 Å². The molecule has 0 saturated carbocycles. The van der Waals surface area contributed by atoms with Crippen LogP contribution >= 0.6 is 0 Å². The van der Waals surface area contributed by atoms with E-state index in [-0.39, 0.29) is 6.04 Å². The van der Waals surface area contributed by atoms with E-state index in [1.807, 2.05) is 31.0 Å². The highest BCUT2D eigenvalue weighted by atomic mass is 15.4. The summed E-state index contributed by atoms with van der Waals surface area (Å²) in [6.07, 6.45) is 4.79. The van der Waals surface area contributed by atoms with E-state index in [1.54, 1.807) is 5.01 Å². The molecular formula is C23H28N6. The summed E-state index contributed by atoms with van der Waals surface area (Å²) in [5, 5.41) is 9.84. The number of rotatable bonds is 3. The summed E-state index contributed by atoms with van der Waals surface area (Å²) in [6, 6.07) is 15.0. The van der Waals surface area contributed by atoms with Gasteiger partial charge in [0.2, 0.25) is 0 Å². The molecule has 5 N–H and O–H groups in total. The van der Waals surface area contributed by atoms with Crippen LogP contribution in [0.15, 0.2) is 60.6 Å². The lowest BCUT2D eigenvalue weighted by molar-refractivity contribution is 0.402. The van der Waals surface area contributed by atoms with Crippen LogP contribution in [0.25, 0.3) is 16.8 Å². The maximum absolute atomic E-state index is 6.39. The first-order valence-corrected chi connectivity index (χ1v) is 9.88. The number of hydrogen-bond donors (Lipinski definition) is 3. The zero-order chi connectivity index (χ0) is 20.5. The fourth-order valence-corrected chi connectivity index (χ4v) is 4.02. The number of fused-ring (bicyclic) bond motifs is 1. The summed E-state index contributed by atoms with van der Waals surface area (Å²) in [5.74, 6) is 6.39. The van der Waals surface area contributed by atoms with Crippen molar-refractivity contribution in [1.82, 2.24) is 14.8 Å². The highest BCUT2D eigenvalue weighted by Gasteiger charge is 2.26. The van der Waals surface area contributed by atoms with E-state index in [9.17, 15) is 0 Å². The number of hydrogen-bond acceptors (Lipinski definition) is 5. The molecule has 1 aliphatic heterocycles. The summed E-state index contributed by atoms with van der Waals surface area (Å²) in [7, 11) is 1.93. The van der Waals surface area contributed by atoms with Crippen LogP contribution in [0.2, 0.25) is 0 Å². The van der Waals surface area contributed by atoms with E-state index in [4.69, 9.17) is 11.6 Å². The zero-order valence-corrected chi connectivity index (χ0v) is 17.2. The Bertz CT molecular complexity index is 1060. The first-order chi connectivity index (χ1) is 13.9. The monoisotopic (exact) mass is 388 g/mol. The fourth-order valence-electron chi connectivity index (χ4n) is 4.02. The van der Waals surface area contributed by atoms with Gasteiger partial charge in [0.05, 0.1) is 17.9 Å². The Labute approximate surface area is 171 Å². The van der Waals surface area contributed by atoms with E-state index in [0.717, 1.165) is 40.2 Å². The minimum atomic E-state index is 0.116. The number of hydrazine groups is 1. The minimum absolute atomic E-state index is 0.116. The van der Waals surface area contributed by atoms with Crippen molar-refractivity contribution in [2.75, 3.05) is 11.9 Å². The minimum Gasteiger partial charge on any atom is -0.401 e. The molecule has 0 aliphatic carbocycles. The molecule has 150 valence electrons. The molecule has 0 bridgehead atoms. The average Bonchev–Trinajstić information content (AvgIpc) is 3.07. The third kappa shape index (κ3) is 3.71. The molecule has 1 aromatic heterocycles. The van der Waals surface area contributed by atoms with Crippen LogP contribution in [-0.4, -0.2) is 21.3 Å². The molecule has 1 aliphatic rings. The standard InChI is InChI=1S/C23H28N6/c1-15-6-4-5-7-21(15)27-22-10-11-29(25)23(16(2)24)19-9-8-17(12-20(19)22)18-13-26-28(3)14-18/h4-9,12-14,22,27H,10-11,24-25H2,1-3H3/b23-16-. The van der Waals surface area contributed by atoms with E-state index in [1.165, 1.54) is 11.1 Å². The van der Waals surface area contributed by atoms with Gasteiger partial charge in [-0.15, -0.1) is 0 Å². The molecule has 0 amide bonds. The molecule has 29 heavy (non-hydrogen) atoms. The molecule has 1 atom stereocenters. The molecule has 0 radical (unpaired) electrons. The maximum atomic E-state index is 6.39. The molecule has 2 heterocycles. The number of anilines is 1. The van der Waals surface area contributed by atoms with Crippen molar-refractivity contribution in [1.29, 1.82) is 0 Å². The van der Waals surface area contributed by atoms with Gasteiger partial charge >= 0.3 is 0 Å². The molecule has 2 aromatic carbocycles. The summed E-state index contributed by atoms with van der Waals surface area (Å²) >= 11 is 0. The Kier molecular flexibility index (Phi) is 5.03. The van der Waals surface area contributed by atoms with Crippen molar-refractivity contribution < 1.29 is 0 Å². The Morgan fingerprint density at radius 1 is 1.17 bits per heavy atom. The first-order valence-electron chi connectivity index (χ1n) is 9.88. The average molecular weight is 389 g/mol. The van der Waals surface area contributed by atoms with Crippen molar-refractivity contribution in [2.45, 2.75) is 26.3 Å². The molecule has 4 rings (SSSR count). The van der Waals surface area contributed by atoms with E-state index in [2.05, 4.69) is 59.8 Å². The lowest BCUT2D eigenvalue weighted by atomic mass is 9.93. The van der Waals surface area contributed by atoms with Crippen molar-refractivity contribution in [3.63, 3.8) is 0 Å². The molecule has 0 spiro atoms. The number of nitrogens with zero attached hydrogens (tertiary/aromatic N) is 3. The maximum Gasteiger partial charge on any atom is 0.0777 e. The van der Waals surface area contributed by atoms with Gasteiger partial charge in [-0.3, -0.25) is 4.68 Å². The Morgan fingerprint density at radius 2 is 1.97 bits per heavy atom. The highest BCUT2D eigenvalue weighted by molar-refractivity contribution is 5.75. The highest BCUT2D eigenvalue weighted by Crippen LogP contribution is 2.37. The second-order valence-corrected chi connectivity index (χ2v) is 7.73. The predicted molar refractivity (Wildman–Crippen MR) is 118 cm³/mol. The predicted octanol–water partition coefficient (Wildman–Crippen LogP) is 3.78. The smallest absolute Gasteiger partial charge is 0.0777 e. The topological polar surface area (TPSA) is 85.1 Å². The molecule has 3 aromatic rings. The van der Waals surface area contributed by atoms with E-state index >= 15 is 0 Å². The van der Waals surface area contributed by atoms with Gasteiger partial charge in [0.25, 0.3) is 0 Å². The third-order valence-electron chi connectivity index (χ3n) is 5.51. The number of allylic oxidation sites excluding steroid dienone is 1. The van der Waals surface area contributed by atoms with E-state index < -0.39 is 0 Å². The molecule has 0 saturated heterocycles. The van der Waals surface area contributed by atoms with Gasteiger partial charge in [0, 0.05) is 42.3 Å². The number of aryl methyl sites for hydroxylation is 2. The van der Waals surface area contributed by atoms with Gasteiger partial charge in [0.1, 0.15) is 0 Å². The number of nitrogens with one attached hydrogen (secondary N) is 1. The van der Waals surface area contributed by atoms with Gasteiger partial charge in [-0.25, -0.2) is 5.84 Å². The van der Waals surface area contributed by atoms with Crippen LogP contribution in [0.3, 0.4) is 0 Å². The van der Waals surface area contributed by atoms with Gasteiger partial charge < -0.3 is 16.1 Å². The molecule has 1 unspecified atom stereocenters. The van der Waals surface area contributed by atoms with Crippen LogP contribution in [0.1, 0.15) is 36.1 Å². The SMILES string of the molecule is C/C(N)=C1\c2ccc(-c3cnn(C)c3)cc2C(Nc2ccccc2C)CCN1N. The molecule has 0 fully saturated rings. The summed E-state index contributed by atoms with van der Waals surface area (Å²) in [5.41, 5.74) is 14.7. The Morgan fingerprint density at radius 3 is 2.66 bits per heavy atom.